The SMILES string of the molecule is CN(Cc1nccn1C)C(CN)c1cc2ccccc2o1. The standard InChI is InChI=1S/C16H20N4O/c1-19-8-7-18-16(19)11-20(2)13(10-17)15-9-12-5-3-4-6-14(12)21-15/h3-9,13H,10-11,17H2,1-2H3. The number of imidazole rings is 1. The lowest BCUT2D eigenvalue weighted by Gasteiger charge is -2.24. The van der Waals surface area contributed by atoms with Gasteiger partial charge in [-0.15, -0.1) is 0 Å². The fraction of sp³-hybridized carbons (Fsp3) is 0.312. The fourth-order valence-electron chi connectivity index (χ4n) is 2.56. The molecule has 3 aromatic rings. The number of furan rings is 1. The molecule has 0 bridgehead atoms. The van der Waals surface area contributed by atoms with Crippen LogP contribution in [0.2, 0.25) is 0 Å². The van der Waals surface area contributed by atoms with E-state index in [1.165, 1.54) is 0 Å². The van der Waals surface area contributed by atoms with Gasteiger partial charge in [-0.2, -0.15) is 0 Å². The summed E-state index contributed by atoms with van der Waals surface area (Å²) in [7, 11) is 4.04. The third-order valence-electron chi connectivity index (χ3n) is 3.84. The number of fused-ring (bicyclic) bond motifs is 1. The molecule has 2 aromatic heterocycles. The number of nitrogens with zero attached hydrogens (tertiary/aromatic N) is 3. The van der Waals surface area contributed by atoms with E-state index >= 15 is 0 Å². The zero-order chi connectivity index (χ0) is 14.8. The van der Waals surface area contributed by atoms with Crippen LogP contribution in [0.4, 0.5) is 0 Å². The van der Waals surface area contributed by atoms with Gasteiger partial charge in [0.25, 0.3) is 0 Å². The van der Waals surface area contributed by atoms with E-state index in [1.54, 1.807) is 0 Å². The Hall–Kier alpha value is -2.11. The Morgan fingerprint density at radius 1 is 1.38 bits per heavy atom. The lowest BCUT2D eigenvalue weighted by Crippen LogP contribution is -2.30. The molecule has 1 unspecified atom stereocenters. The summed E-state index contributed by atoms with van der Waals surface area (Å²) in [6.07, 6.45) is 3.75. The molecule has 5 nitrogen and oxygen atoms in total. The maximum atomic E-state index is 5.97. The number of likely N-dealkylation sites (N-methyl/N-ethyl adjacent to an activating group) is 1. The molecule has 0 spiro atoms. The van der Waals surface area contributed by atoms with Crippen LogP contribution in [0.1, 0.15) is 17.6 Å². The molecule has 0 aliphatic carbocycles. The molecule has 21 heavy (non-hydrogen) atoms. The van der Waals surface area contributed by atoms with Crippen LogP contribution < -0.4 is 5.73 Å². The molecule has 2 N–H and O–H groups in total. The topological polar surface area (TPSA) is 60.2 Å². The molecule has 1 atom stereocenters. The summed E-state index contributed by atoms with van der Waals surface area (Å²) in [5, 5.41) is 1.11. The summed E-state index contributed by atoms with van der Waals surface area (Å²) in [5.74, 6) is 1.91. The average Bonchev–Trinajstić information content (AvgIpc) is 3.06. The molecule has 0 aliphatic rings. The first-order chi connectivity index (χ1) is 10.2. The second kappa shape index (κ2) is 5.71. The minimum atomic E-state index is 0.0362. The van der Waals surface area contributed by atoms with Gasteiger partial charge in [-0.05, 0) is 19.2 Å². The Morgan fingerprint density at radius 2 is 2.19 bits per heavy atom. The third-order valence-corrected chi connectivity index (χ3v) is 3.84. The number of aryl methyl sites for hydroxylation is 1. The Labute approximate surface area is 124 Å². The lowest BCUT2D eigenvalue weighted by molar-refractivity contribution is 0.209. The molecule has 0 fully saturated rings. The lowest BCUT2D eigenvalue weighted by atomic mass is 10.1. The number of rotatable bonds is 5. The molecule has 2 heterocycles. The van der Waals surface area contributed by atoms with E-state index in [0.29, 0.717) is 6.54 Å². The van der Waals surface area contributed by atoms with Crippen LogP contribution in [0, 0.1) is 0 Å². The van der Waals surface area contributed by atoms with E-state index in [0.717, 1.165) is 29.1 Å². The summed E-state index contributed by atoms with van der Waals surface area (Å²) in [5.41, 5.74) is 6.87. The smallest absolute Gasteiger partial charge is 0.134 e. The van der Waals surface area contributed by atoms with Gasteiger partial charge < -0.3 is 14.7 Å². The molecule has 1 aromatic carbocycles. The monoisotopic (exact) mass is 284 g/mol. The maximum Gasteiger partial charge on any atom is 0.134 e. The van der Waals surface area contributed by atoms with Gasteiger partial charge >= 0.3 is 0 Å². The fourth-order valence-corrected chi connectivity index (χ4v) is 2.56. The van der Waals surface area contributed by atoms with E-state index in [1.807, 2.05) is 49.3 Å². The van der Waals surface area contributed by atoms with Crippen LogP contribution in [-0.4, -0.2) is 28.0 Å². The highest BCUT2D eigenvalue weighted by molar-refractivity contribution is 5.77. The van der Waals surface area contributed by atoms with Gasteiger partial charge in [0.1, 0.15) is 17.2 Å². The van der Waals surface area contributed by atoms with Gasteiger partial charge in [-0.1, -0.05) is 18.2 Å². The van der Waals surface area contributed by atoms with Crippen LogP contribution in [0.3, 0.4) is 0 Å². The summed E-state index contributed by atoms with van der Waals surface area (Å²) in [6, 6.07) is 10.1. The number of hydrogen-bond donors (Lipinski definition) is 1. The van der Waals surface area contributed by atoms with Gasteiger partial charge in [0, 0.05) is 31.4 Å². The number of nitrogens with two attached hydrogens (primary N) is 1. The predicted molar refractivity (Wildman–Crippen MR) is 82.7 cm³/mol. The van der Waals surface area contributed by atoms with Crippen molar-refractivity contribution < 1.29 is 4.42 Å². The van der Waals surface area contributed by atoms with Crippen molar-refractivity contribution in [3.63, 3.8) is 0 Å². The average molecular weight is 284 g/mol. The first kappa shape index (κ1) is 13.9. The Balaban J connectivity index is 1.85. The molecule has 0 saturated carbocycles. The van der Waals surface area contributed by atoms with Crippen molar-refractivity contribution in [1.82, 2.24) is 14.5 Å². The van der Waals surface area contributed by atoms with Crippen LogP contribution in [0.25, 0.3) is 11.0 Å². The highest BCUT2D eigenvalue weighted by Gasteiger charge is 2.20. The summed E-state index contributed by atoms with van der Waals surface area (Å²) < 4.78 is 7.96. The van der Waals surface area contributed by atoms with Gasteiger partial charge in [0.2, 0.25) is 0 Å². The van der Waals surface area contributed by atoms with E-state index in [-0.39, 0.29) is 6.04 Å². The van der Waals surface area contributed by atoms with Gasteiger partial charge in [0.05, 0.1) is 12.6 Å². The molecule has 0 radical (unpaired) electrons. The predicted octanol–water partition coefficient (Wildman–Crippen LogP) is 2.30. The minimum Gasteiger partial charge on any atom is -0.459 e. The van der Waals surface area contributed by atoms with Crippen LogP contribution >= 0.6 is 0 Å². The van der Waals surface area contributed by atoms with E-state index in [2.05, 4.69) is 22.0 Å². The minimum absolute atomic E-state index is 0.0362. The van der Waals surface area contributed by atoms with Crippen LogP contribution in [0.15, 0.2) is 47.1 Å². The number of benzene rings is 1. The molecule has 5 heteroatoms. The summed E-state index contributed by atoms with van der Waals surface area (Å²) in [4.78, 5) is 6.53. The van der Waals surface area contributed by atoms with Gasteiger partial charge in [-0.3, -0.25) is 4.90 Å². The maximum absolute atomic E-state index is 5.97. The summed E-state index contributed by atoms with van der Waals surface area (Å²) in [6.45, 7) is 1.23. The van der Waals surface area contributed by atoms with Crippen molar-refractivity contribution in [3.8, 4) is 0 Å². The quantitative estimate of drug-likeness (QED) is 0.781. The van der Waals surface area contributed by atoms with Crippen LogP contribution in [-0.2, 0) is 13.6 Å². The van der Waals surface area contributed by atoms with Crippen molar-refractivity contribution >= 4 is 11.0 Å². The van der Waals surface area contributed by atoms with Crippen molar-refractivity contribution in [1.29, 1.82) is 0 Å². The van der Waals surface area contributed by atoms with E-state index < -0.39 is 0 Å². The van der Waals surface area contributed by atoms with Crippen molar-refractivity contribution in [2.24, 2.45) is 12.8 Å². The van der Waals surface area contributed by atoms with E-state index in [9.17, 15) is 0 Å². The van der Waals surface area contributed by atoms with E-state index in [4.69, 9.17) is 10.2 Å². The normalized spacial score (nSPS) is 13.1. The summed E-state index contributed by atoms with van der Waals surface area (Å²) >= 11 is 0. The molecule has 0 saturated heterocycles. The van der Waals surface area contributed by atoms with Gasteiger partial charge in [0.15, 0.2) is 0 Å². The Kier molecular flexibility index (Phi) is 3.77. The highest BCUT2D eigenvalue weighted by Crippen LogP contribution is 2.27. The molecular formula is C16H20N4O. The largest absolute Gasteiger partial charge is 0.459 e. The van der Waals surface area contributed by atoms with Crippen molar-refractivity contribution in [2.75, 3.05) is 13.6 Å². The highest BCUT2D eigenvalue weighted by atomic mass is 16.3. The van der Waals surface area contributed by atoms with Gasteiger partial charge in [-0.25, -0.2) is 4.98 Å². The molecule has 3 rings (SSSR count). The zero-order valence-corrected chi connectivity index (χ0v) is 12.4. The first-order valence-electron chi connectivity index (χ1n) is 7.04. The van der Waals surface area contributed by atoms with Crippen LogP contribution in [0.5, 0.6) is 0 Å². The van der Waals surface area contributed by atoms with Crippen molar-refractivity contribution in [3.05, 3.63) is 54.3 Å². The number of para-hydroxylation sites is 1. The molecular weight excluding hydrogens is 264 g/mol. The molecule has 0 amide bonds. The van der Waals surface area contributed by atoms with Crippen molar-refractivity contribution in [2.45, 2.75) is 12.6 Å². The molecule has 0 aliphatic heterocycles. The number of hydrogen-bond acceptors (Lipinski definition) is 4. The second-order valence-corrected chi connectivity index (χ2v) is 5.31. The molecule has 110 valence electrons. The second-order valence-electron chi connectivity index (χ2n) is 5.31. The zero-order valence-electron chi connectivity index (χ0n) is 12.4. The third kappa shape index (κ3) is 2.70. The Morgan fingerprint density at radius 3 is 2.86 bits per heavy atom. The first-order valence-corrected chi connectivity index (χ1v) is 7.04. The number of aromatic nitrogens is 2. The Bertz CT molecular complexity index is 698.